The quantitative estimate of drug-likeness (QED) is 0.412. The van der Waals surface area contributed by atoms with Gasteiger partial charge in [-0.05, 0) is 30.2 Å². The van der Waals surface area contributed by atoms with Crippen LogP contribution in [0.1, 0.15) is 17.9 Å². The van der Waals surface area contributed by atoms with Gasteiger partial charge < -0.3 is 5.32 Å². The van der Waals surface area contributed by atoms with Gasteiger partial charge in [-0.3, -0.25) is 20.2 Å². The molecule has 0 bridgehead atoms. The molecule has 29 heavy (non-hydrogen) atoms. The van der Waals surface area contributed by atoms with Gasteiger partial charge in [-0.25, -0.2) is 4.98 Å². The Morgan fingerprint density at radius 3 is 2.55 bits per heavy atom. The van der Waals surface area contributed by atoms with Crippen LogP contribution in [0.5, 0.6) is 0 Å². The van der Waals surface area contributed by atoms with Gasteiger partial charge in [-0.1, -0.05) is 29.3 Å². The lowest BCUT2D eigenvalue weighted by Gasteiger charge is -2.22. The van der Waals surface area contributed by atoms with E-state index in [1.165, 1.54) is 24.4 Å². The number of nitro groups is 1. The number of nitrogens with one attached hydrogen (secondary N) is 2. The largest absolute Gasteiger partial charge is 0.404 e. The summed E-state index contributed by atoms with van der Waals surface area (Å²) in [6.45, 7) is 0. The molecule has 0 spiro atoms. The molecule has 1 aliphatic rings. The molecule has 2 aromatic rings. The standard InChI is InChI=1S/C17H13Cl2F3N4O3/c18-11-5-8(1-3-13(11)26(28)29)10-6-12(25-15(10)17(20,21)22)16(27)24-9-2-4-14(19)23-7-9/h1-5,7,10,12,15,25H,6H2,(H,24,27). The first-order valence-corrected chi connectivity index (χ1v) is 9.01. The Balaban J connectivity index is 1.83. The van der Waals surface area contributed by atoms with Gasteiger partial charge in [0.15, 0.2) is 0 Å². The topological polar surface area (TPSA) is 97.2 Å². The highest BCUT2D eigenvalue weighted by Gasteiger charge is 2.52. The summed E-state index contributed by atoms with van der Waals surface area (Å²) in [5.41, 5.74) is 0.0277. The third-order valence-corrected chi connectivity index (χ3v) is 5.06. The molecule has 0 aliphatic carbocycles. The van der Waals surface area contributed by atoms with Crippen molar-refractivity contribution in [2.45, 2.75) is 30.6 Å². The second-order valence-corrected chi connectivity index (χ2v) is 7.20. The van der Waals surface area contributed by atoms with Crippen LogP contribution in [0.2, 0.25) is 10.2 Å². The minimum atomic E-state index is -4.64. The third kappa shape index (κ3) is 4.77. The average Bonchev–Trinajstić information content (AvgIpc) is 3.09. The normalized spacial score (nSPS) is 21.8. The smallest absolute Gasteiger partial charge is 0.323 e. The number of rotatable bonds is 4. The fraction of sp³-hybridized carbons (Fsp3) is 0.294. The van der Waals surface area contributed by atoms with Crippen molar-refractivity contribution in [2.75, 3.05) is 5.32 Å². The fourth-order valence-electron chi connectivity index (χ4n) is 3.21. The van der Waals surface area contributed by atoms with Crippen LogP contribution in [0.15, 0.2) is 36.5 Å². The van der Waals surface area contributed by atoms with Gasteiger partial charge in [-0.15, -0.1) is 0 Å². The summed E-state index contributed by atoms with van der Waals surface area (Å²) in [4.78, 5) is 26.4. The summed E-state index contributed by atoms with van der Waals surface area (Å²) < 4.78 is 40.7. The van der Waals surface area contributed by atoms with Crippen LogP contribution < -0.4 is 10.6 Å². The van der Waals surface area contributed by atoms with E-state index < -0.39 is 40.7 Å². The van der Waals surface area contributed by atoms with E-state index in [-0.39, 0.29) is 27.8 Å². The van der Waals surface area contributed by atoms with Crippen molar-refractivity contribution in [2.24, 2.45) is 0 Å². The Labute approximate surface area is 172 Å². The van der Waals surface area contributed by atoms with E-state index >= 15 is 0 Å². The second-order valence-electron chi connectivity index (χ2n) is 6.41. The van der Waals surface area contributed by atoms with Gasteiger partial charge >= 0.3 is 6.18 Å². The van der Waals surface area contributed by atoms with Gasteiger partial charge in [0.1, 0.15) is 16.2 Å². The number of pyridine rings is 1. The highest BCUT2D eigenvalue weighted by atomic mass is 35.5. The maximum atomic E-state index is 13.6. The fourth-order valence-corrected chi connectivity index (χ4v) is 3.58. The average molecular weight is 449 g/mol. The molecule has 3 rings (SSSR count). The van der Waals surface area contributed by atoms with Crippen molar-refractivity contribution in [1.82, 2.24) is 10.3 Å². The van der Waals surface area contributed by atoms with Crippen molar-refractivity contribution in [3.05, 3.63) is 62.4 Å². The number of amides is 1. The van der Waals surface area contributed by atoms with E-state index in [0.717, 1.165) is 12.1 Å². The van der Waals surface area contributed by atoms with Crippen molar-refractivity contribution >= 4 is 40.5 Å². The Morgan fingerprint density at radius 2 is 2.00 bits per heavy atom. The zero-order chi connectivity index (χ0) is 21.3. The predicted molar refractivity (Wildman–Crippen MR) is 100 cm³/mol. The minimum absolute atomic E-state index is 0.152. The molecule has 2 heterocycles. The minimum Gasteiger partial charge on any atom is -0.323 e. The van der Waals surface area contributed by atoms with E-state index in [2.05, 4.69) is 15.6 Å². The highest BCUT2D eigenvalue weighted by Crippen LogP contribution is 2.41. The van der Waals surface area contributed by atoms with Gasteiger partial charge in [-0.2, -0.15) is 13.2 Å². The summed E-state index contributed by atoms with van der Waals surface area (Å²) in [5.74, 6) is -1.81. The van der Waals surface area contributed by atoms with E-state index in [1.54, 1.807) is 0 Å². The maximum absolute atomic E-state index is 13.6. The van der Waals surface area contributed by atoms with Gasteiger partial charge in [0.2, 0.25) is 5.91 Å². The van der Waals surface area contributed by atoms with Gasteiger partial charge in [0.05, 0.1) is 22.8 Å². The number of nitro benzene ring substituents is 1. The molecule has 7 nitrogen and oxygen atoms in total. The molecule has 3 atom stereocenters. The van der Waals surface area contributed by atoms with E-state index in [1.807, 2.05) is 0 Å². The predicted octanol–water partition coefficient (Wildman–Crippen LogP) is 4.31. The van der Waals surface area contributed by atoms with Crippen molar-refractivity contribution in [3.8, 4) is 0 Å². The molecule has 1 aromatic heterocycles. The lowest BCUT2D eigenvalue weighted by atomic mass is 9.90. The number of benzene rings is 1. The van der Waals surface area contributed by atoms with Crippen molar-refractivity contribution in [3.63, 3.8) is 0 Å². The van der Waals surface area contributed by atoms with Crippen LogP contribution in [0.3, 0.4) is 0 Å². The molecule has 154 valence electrons. The first kappa shape index (κ1) is 21.3. The number of alkyl halides is 3. The zero-order valence-corrected chi connectivity index (χ0v) is 15.9. The van der Waals surface area contributed by atoms with Crippen LogP contribution in [0.25, 0.3) is 0 Å². The van der Waals surface area contributed by atoms with Gasteiger partial charge in [0, 0.05) is 12.0 Å². The summed E-state index contributed by atoms with van der Waals surface area (Å²) in [7, 11) is 0. The third-order valence-electron chi connectivity index (χ3n) is 4.53. The SMILES string of the molecule is O=C(Nc1ccc(Cl)nc1)C1CC(c2ccc([N+](=O)[O-])c(Cl)c2)C(C(F)(F)F)N1. The van der Waals surface area contributed by atoms with Crippen LogP contribution in [0, 0.1) is 10.1 Å². The van der Waals surface area contributed by atoms with E-state index in [9.17, 15) is 28.1 Å². The summed E-state index contributed by atoms with van der Waals surface area (Å²) in [5, 5.41) is 15.6. The monoisotopic (exact) mass is 448 g/mol. The molecule has 1 aromatic carbocycles. The molecular weight excluding hydrogens is 436 g/mol. The first-order valence-electron chi connectivity index (χ1n) is 8.25. The Bertz CT molecular complexity index is 941. The molecule has 12 heteroatoms. The highest BCUT2D eigenvalue weighted by molar-refractivity contribution is 6.32. The van der Waals surface area contributed by atoms with Crippen LogP contribution in [0.4, 0.5) is 24.5 Å². The lowest BCUT2D eigenvalue weighted by molar-refractivity contribution is -0.384. The number of aromatic nitrogens is 1. The van der Waals surface area contributed by atoms with Crippen molar-refractivity contribution < 1.29 is 22.9 Å². The van der Waals surface area contributed by atoms with Gasteiger partial charge in [0.25, 0.3) is 5.69 Å². The number of carbonyl (C=O) groups excluding carboxylic acids is 1. The second kappa shape index (κ2) is 8.13. The molecule has 0 radical (unpaired) electrons. The Kier molecular flexibility index (Phi) is 5.97. The number of carbonyl (C=O) groups is 1. The molecular formula is C17H13Cl2F3N4O3. The Hall–Kier alpha value is -2.43. The number of hydrogen-bond acceptors (Lipinski definition) is 5. The molecule has 1 saturated heterocycles. The first-order chi connectivity index (χ1) is 13.6. The molecule has 0 saturated carbocycles. The van der Waals surface area contributed by atoms with E-state index in [4.69, 9.17) is 23.2 Å². The molecule has 1 amide bonds. The maximum Gasteiger partial charge on any atom is 0.404 e. The number of hydrogen-bond donors (Lipinski definition) is 2. The number of anilines is 1. The lowest BCUT2D eigenvalue weighted by Crippen LogP contribution is -2.46. The number of nitrogens with zero attached hydrogens (tertiary/aromatic N) is 2. The number of halogens is 5. The summed E-state index contributed by atoms with van der Waals surface area (Å²) in [6, 6.07) is 3.15. The molecule has 1 fully saturated rings. The molecule has 3 unspecified atom stereocenters. The summed E-state index contributed by atoms with van der Waals surface area (Å²) in [6.07, 6.45) is -3.54. The Morgan fingerprint density at radius 1 is 1.28 bits per heavy atom. The molecule has 2 N–H and O–H groups in total. The van der Waals surface area contributed by atoms with Crippen LogP contribution in [-0.4, -0.2) is 34.1 Å². The van der Waals surface area contributed by atoms with E-state index in [0.29, 0.717) is 0 Å². The summed E-state index contributed by atoms with van der Waals surface area (Å²) >= 11 is 11.5. The van der Waals surface area contributed by atoms with Crippen molar-refractivity contribution in [1.29, 1.82) is 0 Å². The van der Waals surface area contributed by atoms with Crippen LogP contribution in [-0.2, 0) is 4.79 Å². The molecule has 1 aliphatic heterocycles. The van der Waals surface area contributed by atoms with Crippen LogP contribution >= 0.6 is 23.2 Å². The zero-order valence-electron chi connectivity index (χ0n) is 14.4.